The lowest BCUT2D eigenvalue weighted by molar-refractivity contribution is -0.116. The predicted molar refractivity (Wildman–Crippen MR) is 78.5 cm³/mol. The lowest BCUT2D eigenvalue weighted by Gasteiger charge is -2.19. The topological polar surface area (TPSA) is 83.6 Å². The van der Waals surface area contributed by atoms with E-state index in [0.29, 0.717) is 0 Å². The molecular weight excluding hydrogens is 266 g/mol. The smallest absolute Gasteiger partial charge is 0.244 e. The summed E-state index contributed by atoms with van der Waals surface area (Å²) in [6, 6.07) is 9.61. The molecule has 6 nitrogen and oxygen atoms in total. The van der Waals surface area contributed by atoms with Gasteiger partial charge in [0.2, 0.25) is 11.7 Å². The number of carbonyl (C=O) groups excluding carboxylic acids is 1. The molecule has 0 fully saturated rings. The predicted octanol–water partition coefficient (Wildman–Crippen LogP) is 2.09. The summed E-state index contributed by atoms with van der Waals surface area (Å²) in [4.78, 5) is 11.9. The van der Waals surface area contributed by atoms with Crippen LogP contribution in [0, 0.1) is 11.3 Å². The van der Waals surface area contributed by atoms with Gasteiger partial charge in [-0.1, -0.05) is 32.9 Å². The third-order valence-corrected chi connectivity index (χ3v) is 3.06. The van der Waals surface area contributed by atoms with Gasteiger partial charge in [-0.2, -0.15) is 5.26 Å². The van der Waals surface area contributed by atoms with Gasteiger partial charge in [0, 0.05) is 5.69 Å². The van der Waals surface area contributed by atoms with E-state index in [1.807, 2.05) is 30.3 Å². The largest absolute Gasteiger partial charge is 0.325 e. The Morgan fingerprint density at radius 2 is 2.00 bits per heavy atom. The van der Waals surface area contributed by atoms with Crippen LogP contribution in [0.25, 0.3) is 0 Å². The molecule has 0 radical (unpaired) electrons. The van der Waals surface area contributed by atoms with E-state index >= 15 is 0 Å². The Kier molecular flexibility index (Phi) is 4.03. The number of carbonyl (C=O) groups is 1. The molecule has 0 saturated heterocycles. The number of aromatic nitrogens is 3. The van der Waals surface area contributed by atoms with Gasteiger partial charge >= 0.3 is 0 Å². The monoisotopic (exact) mass is 283 g/mol. The van der Waals surface area contributed by atoms with E-state index in [9.17, 15) is 4.79 Å². The lowest BCUT2D eigenvalue weighted by atomic mass is 9.87. The highest BCUT2D eigenvalue weighted by Gasteiger charge is 2.13. The van der Waals surface area contributed by atoms with Crippen molar-refractivity contribution in [3.8, 4) is 6.07 Å². The number of rotatable bonds is 3. The minimum Gasteiger partial charge on any atom is -0.325 e. The van der Waals surface area contributed by atoms with Crippen molar-refractivity contribution in [3.63, 3.8) is 0 Å². The summed E-state index contributed by atoms with van der Waals surface area (Å²) >= 11 is 0. The summed E-state index contributed by atoms with van der Waals surface area (Å²) in [6.07, 6.45) is 1.36. The first-order valence-electron chi connectivity index (χ1n) is 6.58. The van der Waals surface area contributed by atoms with Gasteiger partial charge in [-0.25, -0.2) is 0 Å². The van der Waals surface area contributed by atoms with Crippen LogP contribution >= 0.6 is 0 Å². The summed E-state index contributed by atoms with van der Waals surface area (Å²) < 4.78 is 1.40. The molecule has 1 heterocycles. The molecule has 1 aromatic heterocycles. The number of hydrogen-bond donors (Lipinski definition) is 1. The average Bonchev–Trinajstić information content (AvgIpc) is 2.85. The SMILES string of the molecule is CC(C)(C)c1ccc(NC(=O)Cn2cnnc2C#N)cc1. The molecule has 2 aromatic rings. The molecule has 0 unspecified atom stereocenters. The quantitative estimate of drug-likeness (QED) is 0.934. The first-order valence-corrected chi connectivity index (χ1v) is 6.58. The minimum absolute atomic E-state index is 0.0108. The fourth-order valence-electron chi connectivity index (χ4n) is 1.87. The molecule has 6 heteroatoms. The zero-order valence-electron chi connectivity index (χ0n) is 12.3. The number of hydrogen-bond acceptors (Lipinski definition) is 4. The Bertz CT molecular complexity index is 673. The molecule has 2 rings (SSSR count). The van der Waals surface area contributed by atoms with Crippen molar-refractivity contribution in [2.24, 2.45) is 0 Å². The number of anilines is 1. The van der Waals surface area contributed by atoms with Crippen LogP contribution in [0.2, 0.25) is 0 Å². The van der Waals surface area contributed by atoms with E-state index in [1.165, 1.54) is 16.5 Å². The highest BCUT2D eigenvalue weighted by Crippen LogP contribution is 2.23. The number of nitrogens with one attached hydrogen (secondary N) is 1. The van der Waals surface area contributed by atoms with E-state index in [-0.39, 0.29) is 23.7 Å². The molecule has 21 heavy (non-hydrogen) atoms. The molecule has 108 valence electrons. The van der Waals surface area contributed by atoms with Crippen LogP contribution in [0.15, 0.2) is 30.6 Å². The zero-order valence-corrected chi connectivity index (χ0v) is 12.3. The van der Waals surface area contributed by atoms with E-state index in [1.54, 1.807) is 0 Å². The van der Waals surface area contributed by atoms with Crippen LogP contribution in [0.3, 0.4) is 0 Å². The third-order valence-electron chi connectivity index (χ3n) is 3.06. The van der Waals surface area contributed by atoms with Crippen molar-refractivity contribution >= 4 is 11.6 Å². The average molecular weight is 283 g/mol. The van der Waals surface area contributed by atoms with Gasteiger partial charge in [-0.3, -0.25) is 9.36 Å². The molecular formula is C15H17N5O. The fourth-order valence-corrected chi connectivity index (χ4v) is 1.87. The van der Waals surface area contributed by atoms with Gasteiger partial charge in [-0.15, -0.1) is 10.2 Å². The molecule has 1 amide bonds. The number of nitriles is 1. The summed E-state index contributed by atoms with van der Waals surface area (Å²) in [6.45, 7) is 6.42. The van der Waals surface area contributed by atoms with Crippen molar-refractivity contribution in [3.05, 3.63) is 42.0 Å². The van der Waals surface area contributed by atoms with Crippen LogP contribution in [-0.2, 0) is 16.8 Å². The number of amides is 1. The van der Waals surface area contributed by atoms with Crippen LogP contribution in [0.4, 0.5) is 5.69 Å². The standard InChI is InChI=1S/C15H17N5O/c1-15(2,3)11-4-6-12(7-5-11)18-14(21)9-20-10-17-19-13(20)8-16/h4-7,10H,9H2,1-3H3,(H,18,21). The zero-order chi connectivity index (χ0) is 15.5. The summed E-state index contributed by atoms with van der Waals surface area (Å²) in [5.74, 6) is -0.108. The minimum atomic E-state index is -0.227. The highest BCUT2D eigenvalue weighted by molar-refractivity contribution is 5.90. The van der Waals surface area contributed by atoms with E-state index in [2.05, 4.69) is 36.3 Å². The third kappa shape index (κ3) is 3.66. The van der Waals surface area contributed by atoms with Gasteiger partial charge in [-0.05, 0) is 23.1 Å². The second-order valence-electron chi connectivity index (χ2n) is 5.77. The molecule has 1 N–H and O–H groups in total. The van der Waals surface area contributed by atoms with E-state index < -0.39 is 0 Å². The molecule has 1 aromatic carbocycles. The Hall–Kier alpha value is -2.68. The van der Waals surface area contributed by atoms with Crippen molar-refractivity contribution < 1.29 is 4.79 Å². The van der Waals surface area contributed by atoms with E-state index in [4.69, 9.17) is 5.26 Å². The maximum absolute atomic E-state index is 11.9. The van der Waals surface area contributed by atoms with Crippen molar-refractivity contribution in [2.45, 2.75) is 32.7 Å². The molecule has 0 aliphatic carbocycles. The second kappa shape index (κ2) is 5.75. The number of benzene rings is 1. The van der Waals surface area contributed by atoms with Crippen molar-refractivity contribution in [1.82, 2.24) is 14.8 Å². The Morgan fingerprint density at radius 1 is 1.33 bits per heavy atom. The second-order valence-corrected chi connectivity index (χ2v) is 5.77. The highest BCUT2D eigenvalue weighted by atomic mass is 16.1. The molecule has 0 saturated carbocycles. The van der Waals surface area contributed by atoms with Crippen LogP contribution in [0.5, 0.6) is 0 Å². The van der Waals surface area contributed by atoms with Crippen molar-refractivity contribution in [2.75, 3.05) is 5.32 Å². The summed E-state index contributed by atoms with van der Waals surface area (Å²) in [5, 5.41) is 18.8. The Morgan fingerprint density at radius 3 is 2.57 bits per heavy atom. The molecule has 0 spiro atoms. The molecule has 0 aliphatic heterocycles. The first kappa shape index (κ1) is 14.7. The van der Waals surface area contributed by atoms with Gasteiger partial charge < -0.3 is 5.32 Å². The summed E-state index contributed by atoms with van der Waals surface area (Å²) in [7, 11) is 0. The Balaban J connectivity index is 2.02. The Labute approximate surface area is 123 Å². The van der Waals surface area contributed by atoms with E-state index in [0.717, 1.165) is 5.69 Å². The van der Waals surface area contributed by atoms with Crippen LogP contribution < -0.4 is 5.32 Å². The van der Waals surface area contributed by atoms with Gasteiger partial charge in [0.05, 0.1) is 0 Å². The molecule has 0 bridgehead atoms. The molecule has 0 atom stereocenters. The molecule has 0 aliphatic rings. The normalized spacial score (nSPS) is 11.0. The maximum atomic E-state index is 11.9. The first-order chi connectivity index (χ1) is 9.90. The van der Waals surface area contributed by atoms with Crippen LogP contribution in [-0.4, -0.2) is 20.7 Å². The summed E-state index contributed by atoms with van der Waals surface area (Å²) in [5.41, 5.74) is 2.00. The lowest BCUT2D eigenvalue weighted by Crippen LogP contribution is -2.19. The fraction of sp³-hybridized carbons (Fsp3) is 0.333. The van der Waals surface area contributed by atoms with Gasteiger partial charge in [0.1, 0.15) is 18.9 Å². The van der Waals surface area contributed by atoms with Crippen molar-refractivity contribution in [1.29, 1.82) is 5.26 Å². The number of nitrogens with zero attached hydrogens (tertiary/aromatic N) is 4. The van der Waals surface area contributed by atoms with Gasteiger partial charge in [0.25, 0.3) is 0 Å². The van der Waals surface area contributed by atoms with Crippen LogP contribution in [0.1, 0.15) is 32.2 Å². The maximum Gasteiger partial charge on any atom is 0.244 e. The van der Waals surface area contributed by atoms with Gasteiger partial charge in [0.15, 0.2) is 0 Å².